The predicted octanol–water partition coefficient (Wildman–Crippen LogP) is 3.26. The first-order valence-corrected chi connectivity index (χ1v) is 5.73. The highest BCUT2D eigenvalue weighted by atomic mass is 35.5. The molecule has 1 rings (SSSR count). The molecule has 0 aliphatic rings. The maximum atomic E-state index is 10.7. The van der Waals surface area contributed by atoms with Crippen molar-refractivity contribution in [2.24, 2.45) is 0 Å². The second-order valence-corrected chi connectivity index (χ2v) is 3.76. The summed E-state index contributed by atoms with van der Waals surface area (Å²) in [5.41, 5.74) is 0.799. The number of benzene rings is 1. The molecule has 0 heterocycles. The van der Waals surface area contributed by atoms with Crippen molar-refractivity contribution >= 4 is 22.9 Å². The molecule has 0 saturated carbocycles. The number of carbonyl (C=O) groups excluding carboxylic acids is 1. The van der Waals surface area contributed by atoms with Crippen molar-refractivity contribution < 1.29 is 14.3 Å². The van der Waals surface area contributed by atoms with E-state index in [1.807, 2.05) is 13.0 Å². The Labute approximate surface area is 106 Å². The number of methoxy groups -OCH3 is 1. The number of ether oxygens (including phenoxy) is 2. The van der Waals surface area contributed by atoms with Gasteiger partial charge in [0.25, 0.3) is 0 Å². The summed E-state index contributed by atoms with van der Waals surface area (Å²) in [6, 6.07) is 5.41. The first-order valence-electron chi connectivity index (χ1n) is 5.35. The van der Waals surface area contributed by atoms with Gasteiger partial charge in [0, 0.05) is 11.6 Å². The SMILES string of the molecule is CCCOc1cc(OC)ccc1/C=C/C(=O)Cl. The lowest BCUT2D eigenvalue weighted by Gasteiger charge is -2.10. The molecule has 0 N–H and O–H groups in total. The number of allylic oxidation sites excluding steroid dienone is 1. The van der Waals surface area contributed by atoms with Crippen LogP contribution in [0.15, 0.2) is 24.3 Å². The highest BCUT2D eigenvalue weighted by molar-refractivity contribution is 6.66. The third kappa shape index (κ3) is 4.49. The van der Waals surface area contributed by atoms with Crippen molar-refractivity contribution in [1.82, 2.24) is 0 Å². The highest BCUT2D eigenvalue weighted by Crippen LogP contribution is 2.26. The van der Waals surface area contributed by atoms with E-state index >= 15 is 0 Å². The van der Waals surface area contributed by atoms with Crippen molar-refractivity contribution in [3.8, 4) is 11.5 Å². The first-order chi connectivity index (χ1) is 8.17. The lowest BCUT2D eigenvalue weighted by atomic mass is 10.2. The van der Waals surface area contributed by atoms with E-state index in [2.05, 4.69) is 0 Å². The Morgan fingerprint density at radius 3 is 2.82 bits per heavy atom. The Hall–Kier alpha value is -1.48. The van der Waals surface area contributed by atoms with Gasteiger partial charge in [-0.2, -0.15) is 0 Å². The Morgan fingerprint density at radius 1 is 1.47 bits per heavy atom. The quantitative estimate of drug-likeness (QED) is 0.577. The van der Waals surface area contributed by atoms with E-state index in [1.54, 1.807) is 25.3 Å². The van der Waals surface area contributed by atoms with Crippen molar-refractivity contribution in [3.63, 3.8) is 0 Å². The van der Waals surface area contributed by atoms with E-state index in [9.17, 15) is 4.79 Å². The van der Waals surface area contributed by atoms with Crippen LogP contribution in [0.3, 0.4) is 0 Å². The van der Waals surface area contributed by atoms with Crippen LogP contribution in [0.5, 0.6) is 11.5 Å². The third-order valence-corrected chi connectivity index (χ3v) is 2.20. The lowest BCUT2D eigenvalue weighted by molar-refractivity contribution is -0.107. The van der Waals surface area contributed by atoms with Crippen LogP contribution in [0.1, 0.15) is 18.9 Å². The van der Waals surface area contributed by atoms with Gasteiger partial charge < -0.3 is 9.47 Å². The maximum Gasteiger partial charge on any atom is 0.245 e. The zero-order valence-electron chi connectivity index (χ0n) is 9.90. The van der Waals surface area contributed by atoms with Gasteiger partial charge in [0.15, 0.2) is 0 Å². The average molecular weight is 255 g/mol. The largest absolute Gasteiger partial charge is 0.497 e. The van der Waals surface area contributed by atoms with E-state index in [0.717, 1.165) is 12.0 Å². The smallest absolute Gasteiger partial charge is 0.245 e. The molecule has 0 bridgehead atoms. The van der Waals surface area contributed by atoms with Crippen LogP contribution in [-0.4, -0.2) is 19.0 Å². The molecule has 0 fully saturated rings. The van der Waals surface area contributed by atoms with E-state index in [-0.39, 0.29) is 0 Å². The topological polar surface area (TPSA) is 35.5 Å². The van der Waals surface area contributed by atoms with Crippen LogP contribution in [0.4, 0.5) is 0 Å². The predicted molar refractivity (Wildman–Crippen MR) is 68.7 cm³/mol. The van der Waals surface area contributed by atoms with Gasteiger partial charge >= 0.3 is 0 Å². The highest BCUT2D eigenvalue weighted by Gasteiger charge is 2.03. The molecule has 0 unspecified atom stereocenters. The Morgan fingerprint density at radius 2 is 2.24 bits per heavy atom. The van der Waals surface area contributed by atoms with Crippen molar-refractivity contribution in [3.05, 3.63) is 29.8 Å². The molecule has 0 radical (unpaired) electrons. The van der Waals surface area contributed by atoms with E-state index in [0.29, 0.717) is 18.1 Å². The van der Waals surface area contributed by atoms with Crippen molar-refractivity contribution in [2.75, 3.05) is 13.7 Å². The van der Waals surface area contributed by atoms with Crippen LogP contribution in [-0.2, 0) is 4.79 Å². The van der Waals surface area contributed by atoms with Gasteiger partial charge in [-0.25, -0.2) is 0 Å². The van der Waals surface area contributed by atoms with Gasteiger partial charge in [0.2, 0.25) is 5.24 Å². The van der Waals surface area contributed by atoms with Crippen LogP contribution >= 0.6 is 11.6 Å². The molecule has 0 aliphatic heterocycles. The number of hydrogen-bond acceptors (Lipinski definition) is 3. The summed E-state index contributed by atoms with van der Waals surface area (Å²) >= 11 is 5.25. The molecule has 92 valence electrons. The van der Waals surface area contributed by atoms with E-state index in [1.165, 1.54) is 6.08 Å². The monoisotopic (exact) mass is 254 g/mol. The Kier molecular flexibility index (Phi) is 5.57. The minimum absolute atomic E-state index is 0.512. The summed E-state index contributed by atoms with van der Waals surface area (Å²) < 4.78 is 10.7. The van der Waals surface area contributed by atoms with Gasteiger partial charge in [-0.05, 0) is 42.3 Å². The molecule has 3 nitrogen and oxygen atoms in total. The summed E-state index contributed by atoms with van der Waals surface area (Å²) in [6.45, 7) is 2.64. The van der Waals surface area contributed by atoms with Crippen molar-refractivity contribution in [1.29, 1.82) is 0 Å². The van der Waals surface area contributed by atoms with Gasteiger partial charge in [0.1, 0.15) is 11.5 Å². The number of hydrogen-bond donors (Lipinski definition) is 0. The second kappa shape index (κ2) is 6.97. The Bertz CT molecular complexity index is 413. The molecule has 4 heteroatoms. The molecule has 1 aromatic carbocycles. The molecule has 17 heavy (non-hydrogen) atoms. The second-order valence-electron chi connectivity index (χ2n) is 3.39. The van der Waals surface area contributed by atoms with Gasteiger partial charge in [-0.15, -0.1) is 0 Å². The number of rotatable bonds is 6. The fourth-order valence-corrected chi connectivity index (χ4v) is 1.33. The average Bonchev–Trinajstić information content (AvgIpc) is 2.34. The molecule has 0 saturated heterocycles. The summed E-state index contributed by atoms with van der Waals surface area (Å²) in [6.07, 6.45) is 3.83. The molecule has 0 aromatic heterocycles. The maximum absolute atomic E-state index is 10.7. The van der Waals surface area contributed by atoms with Crippen LogP contribution in [0.2, 0.25) is 0 Å². The molecular weight excluding hydrogens is 240 g/mol. The van der Waals surface area contributed by atoms with Gasteiger partial charge in [-0.1, -0.05) is 6.92 Å². The fourth-order valence-electron chi connectivity index (χ4n) is 1.27. The number of carbonyl (C=O) groups is 1. The Balaban J connectivity index is 2.97. The normalized spacial score (nSPS) is 10.5. The van der Waals surface area contributed by atoms with Gasteiger partial charge in [-0.3, -0.25) is 4.79 Å². The molecular formula is C13H15ClO3. The zero-order chi connectivity index (χ0) is 12.7. The summed E-state index contributed by atoms with van der Waals surface area (Å²) in [5.74, 6) is 1.39. The minimum Gasteiger partial charge on any atom is -0.497 e. The van der Waals surface area contributed by atoms with Crippen LogP contribution in [0, 0.1) is 0 Å². The van der Waals surface area contributed by atoms with Crippen molar-refractivity contribution in [2.45, 2.75) is 13.3 Å². The zero-order valence-corrected chi connectivity index (χ0v) is 10.7. The van der Waals surface area contributed by atoms with E-state index < -0.39 is 5.24 Å². The summed E-state index contributed by atoms with van der Waals surface area (Å²) in [5, 5.41) is -0.512. The lowest BCUT2D eigenvalue weighted by Crippen LogP contribution is -1.97. The standard InChI is InChI=1S/C13H15ClO3/c1-3-8-17-12-9-11(16-2)6-4-10(12)5-7-13(14)15/h4-7,9H,3,8H2,1-2H3/b7-5+. The minimum atomic E-state index is -0.512. The van der Waals surface area contributed by atoms with Gasteiger partial charge in [0.05, 0.1) is 13.7 Å². The van der Waals surface area contributed by atoms with Crippen LogP contribution in [0.25, 0.3) is 6.08 Å². The molecule has 0 amide bonds. The summed E-state index contributed by atoms with van der Waals surface area (Å²) in [4.78, 5) is 10.7. The molecule has 0 aliphatic carbocycles. The molecule has 0 spiro atoms. The third-order valence-electron chi connectivity index (χ3n) is 2.08. The number of halogens is 1. The molecule has 1 aromatic rings. The fraction of sp³-hybridized carbons (Fsp3) is 0.308. The first kappa shape index (κ1) is 13.6. The van der Waals surface area contributed by atoms with Crippen LogP contribution < -0.4 is 9.47 Å². The summed E-state index contributed by atoms with van der Waals surface area (Å²) in [7, 11) is 1.59. The molecule has 0 atom stereocenters. The van der Waals surface area contributed by atoms with E-state index in [4.69, 9.17) is 21.1 Å².